The fraction of sp³-hybridized carbons (Fsp3) is 1.00. The van der Waals surface area contributed by atoms with E-state index in [9.17, 15) is 0 Å². The zero-order valence-corrected chi connectivity index (χ0v) is 16.9. The summed E-state index contributed by atoms with van der Waals surface area (Å²) in [5.74, 6) is 6.68. The molecule has 0 nitrogen and oxygen atoms in total. The topological polar surface area (TPSA) is 0 Å². The predicted molar refractivity (Wildman–Crippen MR) is 104 cm³/mol. The van der Waals surface area contributed by atoms with Crippen LogP contribution in [0.5, 0.6) is 0 Å². The molecule has 0 saturated heterocycles. The van der Waals surface area contributed by atoms with E-state index in [1.54, 1.807) is 38.5 Å². The maximum Gasteiger partial charge on any atom is -0.0297 e. The highest BCUT2D eigenvalue weighted by Crippen LogP contribution is 2.61. The van der Waals surface area contributed by atoms with Gasteiger partial charge in [0.25, 0.3) is 0 Å². The van der Waals surface area contributed by atoms with Gasteiger partial charge in [-0.3, -0.25) is 0 Å². The van der Waals surface area contributed by atoms with Crippen molar-refractivity contribution in [3.63, 3.8) is 0 Å². The van der Waals surface area contributed by atoms with Crippen LogP contribution in [0.4, 0.5) is 0 Å². The molecule has 6 saturated carbocycles. The Kier molecular flexibility index (Phi) is 4.58. The summed E-state index contributed by atoms with van der Waals surface area (Å²) in [5.41, 5.74) is 1.37. The number of hydrogen-bond donors (Lipinski definition) is 0. The van der Waals surface area contributed by atoms with Crippen LogP contribution in [0.15, 0.2) is 0 Å². The van der Waals surface area contributed by atoms with Gasteiger partial charge in [-0.05, 0) is 97.7 Å². The van der Waals surface area contributed by atoms with E-state index < -0.39 is 0 Å². The third kappa shape index (κ3) is 3.33. The molecule has 0 N–H and O–H groups in total. The van der Waals surface area contributed by atoms with Gasteiger partial charge in [0.2, 0.25) is 0 Å². The van der Waals surface area contributed by atoms with Crippen LogP contribution in [0, 0.1) is 46.3 Å². The van der Waals surface area contributed by atoms with Gasteiger partial charge in [0.1, 0.15) is 0 Å². The van der Waals surface area contributed by atoms with Crippen LogP contribution in [0.25, 0.3) is 0 Å². The molecular weight excluding hydrogens is 288 g/mol. The van der Waals surface area contributed by atoms with E-state index in [2.05, 4.69) is 27.7 Å². The first-order chi connectivity index (χ1) is 11.3. The lowest BCUT2D eigenvalue weighted by Gasteiger charge is -2.59. The normalized spacial score (nSPS) is 47.5. The molecule has 6 fully saturated rings. The first kappa shape index (κ1) is 17.4. The van der Waals surface area contributed by atoms with Crippen molar-refractivity contribution in [3.8, 4) is 0 Å². The lowest BCUT2D eigenvalue weighted by molar-refractivity contribution is -0.0876. The molecule has 0 aromatic heterocycles. The predicted octanol–water partition coefficient (Wildman–Crippen LogP) is 7.47. The van der Waals surface area contributed by atoms with E-state index in [1.165, 1.54) is 38.5 Å². The van der Waals surface area contributed by atoms with Gasteiger partial charge in [-0.1, -0.05) is 53.4 Å². The second-order valence-corrected chi connectivity index (χ2v) is 11.8. The summed E-state index contributed by atoms with van der Waals surface area (Å²) in [6.45, 7) is 9.97. The summed E-state index contributed by atoms with van der Waals surface area (Å²) in [4.78, 5) is 0. The Morgan fingerprint density at radius 1 is 0.625 bits per heavy atom. The molecule has 0 aromatic carbocycles. The molecule has 4 bridgehead atoms. The van der Waals surface area contributed by atoms with Crippen LogP contribution in [-0.2, 0) is 0 Å². The Morgan fingerprint density at radius 3 is 1.75 bits per heavy atom. The van der Waals surface area contributed by atoms with E-state index >= 15 is 0 Å². The van der Waals surface area contributed by atoms with Crippen LogP contribution in [0.2, 0.25) is 0 Å². The summed E-state index contributed by atoms with van der Waals surface area (Å²) in [5, 5.41) is 0. The molecular formula is C24H42. The van der Waals surface area contributed by atoms with Gasteiger partial charge in [-0.2, -0.15) is 0 Å². The van der Waals surface area contributed by atoms with Crippen molar-refractivity contribution in [1.29, 1.82) is 0 Å². The fourth-order valence-electron chi connectivity index (χ4n) is 7.72. The summed E-state index contributed by atoms with van der Waals surface area (Å²) < 4.78 is 0. The quantitative estimate of drug-likeness (QED) is 0.432. The summed E-state index contributed by atoms with van der Waals surface area (Å²) in [6, 6.07) is 0. The molecule has 0 aromatic rings. The molecule has 6 aliphatic rings. The van der Waals surface area contributed by atoms with E-state index in [0.29, 0.717) is 10.8 Å². The monoisotopic (exact) mass is 330 g/mol. The standard InChI is InChI=1S/C12H20.C12H22/c1-12(2)10-4-8-3-9(6-10)7-11(12)5-8;1-12(2)8-7-10-5-3-4-6-11(10)9-12/h8-11H,3-7H2,1-2H3;10-11H,3-9H2,1-2H3. The van der Waals surface area contributed by atoms with Crippen molar-refractivity contribution in [2.24, 2.45) is 46.3 Å². The van der Waals surface area contributed by atoms with E-state index in [-0.39, 0.29) is 0 Å². The van der Waals surface area contributed by atoms with Crippen LogP contribution < -0.4 is 0 Å². The minimum Gasteiger partial charge on any atom is -0.0599 e. The van der Waals surface area contributed by atoms with Gasteiger partial charge in [0.05, 0.1) is 0 Å². The van der Waals surface area contributed by atoms with Gasteiger partial charge in [0, 0.05) is 0 Å². The average molecular weight is 331 g/mol. The summed E-state index contributed by atoms with van der Waals surface area (Å²) in [6.07, 6.45) is 18.5. The molecule has 0 radical (unpaired) electrons. The van der Waals surface area contributed by atoms with Crippen molar-refractivity contribution in [2.75, 3.05) is 0 Å². The summed E-state index contributed by atoms with van der Waals surface area (Å²) >= 11 is 0. The molecule has 6 aliphatic carbocycles. The Balaban J connectivity index is 0.000000121. The average Bonchev–Trinajstić information content (AvgIpc) is 2.52. The third-order valence-corrected chi connectivity index (χ3v) is 9.32. The van der Waals surface area contributed by atoms with E-state index in [1.807, 2.05) is 0 Å². The van der Waals surface area contributed by atoms with Crippen molar-refractivity contribution < 1.29 is 0 Å². The van der Waals surface area contributed by atoms with Gasteiger partial charge < -0.3 is 0 Å². The van der Waals surface area contributed by atoms with Gasteiger partial charge in [-0.15, -0.1) is 0 Å². The molecule has 0 spiro atoms. The first-order valence-electron chi connectivity index (χ1n) is 11.3. The molecule has 24 heavy (non-hydrogen) atoms. The molecule has 2 unspecified atom stereocenters. The fourth-order valence-corrected chi connectivity index (χ4v) is 7.72. The Morgan fingerprint density at radius 2 is 1.17 bits per heavy atom. The Labute approximate surface area is 151 Å². The highest BCUT2D eigenvalue weighted by atomic mass is 14.6. The lowest BCUT2D eigenvalue weighted by Crippen LogP contribution is -2.49. The second-order valence-electron chi connectivity index (χ2n) is 11.8. The van der Waals surface area contributed by atoms with Gasteiger partial charge in [-0.25, -0.2) is 0 Å². The minimum absolute atomic E-state index is 0.665. The molecule has 0 aliphatic heterocycles. The lowest BCUT2D eigenvalue weighted by atomic mass is 9.46. The minimum atomic E-state index is 0.665. The van der Waals surface area contributed by atoms with Crippen molar-refractivity contribution in [1.82, 2.24) is 0 Å². The molecule has 0 heteroatoms. The number of fused-ring (bicyclic) bond motifs is 1. The molecule has 6 rings (SSSR count). The maximum absolute atomic E-state index is 2.53. The molecule has 0 heterocycles. The third-order valence-electron chi connectivity index (χ3n) is 9.32. The maximum atomic E-state index is 2.53. The molecule has 0 amide bonds. The van der Waals surface area contributed by atoms with Gasteiger partial charge in [0.15, 0.2) is 0 Å². The zero-order chi connectivity index (χ0) is 16.9. The van der Waals surface area contributed by atoms with Crippen molar-refractivity contribution >= 4 is 0 Å². The van der Waals surface area contributed by atoms with Crippen molar-refractivity contribution in [3.05, 3.63) is 0 Å². The SMILES string of the molecule is CC1(C)C2CC3CC(C2)CC1C3.CC1(C)CCC2CCCCC2C1. The Hall–Kier alpha value is 0. The van der Waals surface area contributed by atoms with Crippen molar-refractivity contribution in [2.45, 2.75) is 105 Å². The molecule has 138 valence electrons. The van der Waals surface area contributed by atoms with Crippen LogP contribution >= 0.6 is 0 Å². The van der Waals surface area contributed by atoms with E-state index in [4.69, 9.17) is 0 Å². The zero-order valence-electron chi connectivity index (χ0n) is 16.9. The first-order valence-corrected chi connectivity index (χ1v) is 11.3. The molecule has 2 atom stereocenters. The Bertz CT molecular complexity index is 413. The van der Waals surface area contributed by atoms with Crippen LogP contribution in [0.3, 0.4) is 0 Å². The highest BCUT2D eigenvalue weighted by molar-refractivity contribution is 5.02. The number of hydrogen-bond acceptors (Lipinski definition) is 0. The second kappa shape index (κ2) is 6.31. The van der Waals surface area contributed by atoms with Crippen LogP contribution in [-0.4, -0.2) is 0 Å². The highest BCUT2D eigenvalue weighted by Gasteiger charge is 2.52. The summed E-state index contributed by atoms with van der Waals surface area (Å²) in [7, 11) is 0. The smallest absolute Gasteiger partial charge is 0.0297 e. The van der Waals surface area contributed by atoms with Gasteiger partial charge >= 0.3 is 0 Å². The number of rotatable bonds is 0. The van der Waals surface area contributed by atoms with E-state index in [0.717, 1.165) is 35.5 Å². The van der Waals surface area contributed by atoms with Crippen LogP contribution in [0.1, 0.15) is 105 Å². The largest absolute Gasteiger partial charge is 0.0599 e.